The molecule has 2 aromatic rings. The highest BCUT2D eigenvalue weighted by Crippen LogP contribution is 2.17. The zero-order valence-corrected chi connectivity index (χ0v) is 13.0. The first-order chi connectivity index (χ1) is 10.5. The summed E-state index contributed by atoms with van der Waals surface area (Å²) >= 11 is 0. The van der Waals surface area contributed by atoms with Gasteiger partial charge in [0.1, 0.15) is 5.75 Å². The van der Waals surface area contributed by atoms with Crippen molar-refractivity contribution >= 4 is 11.7 Å². The molecule has 22 heavy (non-hydrogen) atoms. The normalized spacial score (nSPS) is 11.8. The number of carbonyl (C=O) groups is 1. The van der Waals surface area contributed by atoms with E-state index in [1.54, 1.807) is 18.0 Å². The number of aromatic nitrogens is 3. The molecule has 1 aromatic carbocycles. The van der Waals surface area contributed by atoms with E-state index in [9.17, 15) is 4.79 Å². The zero-order valence-electron chi connectivity index (χ0n) is 13.0. The summed E-state index contributed by atoms with van der Waals surface area (Å²) < 4.78 is 6.76. The highest BCUT2D eigenvalue weighted by Gasteiger charge is 2.14. The Kier molecular flexibility index (Phi) is 4.93. The average molecular weight is 300 g/mol. The van der Waals surface area contributed by atoms with E-state index in [4.69, 9.17) is 4.74 Å². The van der Waals surface area contributed by atoms with Crippen molar-refractivity contribution in [2.45, 2.75) is 20.3 Å². The average Bonchev–Trinajstić information content (AvgIpc) is 2.95. The SMILES string of the molecule is C=C(C)CC(C)C(=O)Nc1cn(-c2cccc(OC)c2)nn1. The Hall–Kier alpha value is -2.63. The molecule has 1 N–H and O–H groups in total. The number of methoxy groups -OCH3 is 1. The van der Waals surface area contributed by atoms with E-state index < -0.39 is 0 Å². The first-order valence-electron chi connectivity index (χ1n) is 7.01. The third-order valence-electron chi connectivity index (χ3n) is 3.16. The first kappa shape index (κ1) is 15.8. The van der Waals surface area contributed by atoms with Crippen LogP contribution in [-0.2, 0) is 4.79 Å². The Bertz CT molecular complexity index is 678. The lowest BCUT2D eigenvalue weighted by Crippen LogP contribution is -2.20. The minimum atomic E-state index is -0.153. The summed E-state index contributed by atoms with van der Waals surface area (Å²) in [5, 5.41) is 10.7. The quantitative estimate of drug-likeness (QED) is 0.833. The van der Waals surface area contributed by atoms with Gasteiger partial charge in [-0.15, -0.1) is 11.7 Å². The predicted molar refractivity (Wildman–Crippen MR) is 85.1 cm³/mol. The molecular weight excluding hydrogens is 280 g/mol. The second-order valence-electron chi connectivity index (χ2n) is 5.30. The summed E-state index contributed by atoms with van der Waals surface area (Å²) in [5.74, 6) is 0.898. The summed E-state index contributed by atoms with van der Waals surface area (Å²) in [6.45, 7) is 7.58. The van der Waals surface area contributed by atoms with Gasteiger partial charge in [-0.05, 0) is 25.5 Å². The van der Waals surface area contributed by atoms with Crippen LogP contribution in [0.15, 0.2) is 42.6 Å². The lowest BCUT2D eigenvalue weighted by Gasteiger charge is -2.09. The van der Waals surface area contributed by atoms with Crippen LogP contribution in [0.4, 0.5) is 5.82 Å². The summed E-state index contributed by atoms with van der Waals surface area (Å²) in [6.07, 6.45) is 2.32. The molecule has 1 unspecified atom stereocenters. The van der Waals surface area contributed by atoms with Gasteiger partial charge in [0.15, 0.2) is 5.82 Å². The summed E-state index contributed by atoms with van der Waals surface area (Å²) in [4.78, 5) is 12.0. The first-order valence-corrected chi connectivity index (χ1v) is 7.01. The number of carbonyl (C=O) groups excluding carboxylic acids is 1. The van der Waals surface area contributed by atoms with Crippen molar-refractivity contribution in [2.75, 3.05) is 12.4 Å². The lowest BCUT2D eigenvalue weighted by molar-refractivity contribution is -0.119. The Morgan fingerprint density at radius 2 is 2.27 bits per heavy atom. The third-order valence-corrected chi connectivity index (χ3v) is 3.16. The number of ether oxygens (including phenoxy) is 1. The Morgan fingerprint density at radius 1 is 1.50 bits per heavy atom. The second kappa shape index (κ2) is 6.89. The van der Waals surface area contributed by atoms with Crippen molar-refractivity contribution in [1.82, 2.24) is 15.0 Å². The van der Waals surface area contributed by atoms with Gasteiger partial charge in [0.05, 0.1) is 19.0 Å². The number of nitrogens with one attached hydrogen (secondary N) is 1. The Balaban J connectivity index is 2.08. The van der Waals surface area contributed by atoms with Gasteiger partial charge in [-0.25, -0.2) is 4.68 Å². The molecule has 2 rings (SSSR count). The van der Waals surface area contributed by atoms with Gasteiger partial charge in [-0.3, -0.25) is 4.79 Å². The number of nitrogens with zero attached hydrogens (tertiary/aromatic N) is 3. The molecule has 116 valence electrons. The van der Waals surface area contributed by atoms with Crippen molar-refractivity contribution in [1.29, 1.82) is 0 Å². The molecule has 1 aromatic heterocycles. The maximum Gasteiger partial charge on any atom is 0.228 e. The lowest BCUT2D eigenvalue weighted by atomic mass is 10.0. The van der Waals surface area contributed by atoms with Crippen LogP contribution >= 0.6 is 0 Å². The maximum absolute atomic E-state index is 12.0. The predicted octanol–water partition coefficient (Wildman–Crippen LogP) is 2.82. The summed E-state index contributed by atoms with van der Waals surface area (Å²) in [5.41, 5.74) is 1.78. The standard InChI is InChI=1S/C16H20N4O2/c1-11(2)8-12(3)16(21)17-15-10-20(19-18-15)13-6-5-7-14(9-13)22-4/h5-7,9-10,12H,1,8H2,2-4H3,(H,17,21). The fourth-order valence-electron chi connectivity index (χ4n) is 2.07. The van der Waals surface area contributed by atoms with Gasteiger partial charge in [0, 0.05) is 12.0 Å². The van der Waals surface area contributed by atoms with Crippen LogP contribution < -0.4 is 10.1 Å². The maximum atomic E-state index is 12.0. The van der Waals surface area contributed by atoms with Crippen molar-refractivity contribution < 1.29 is 9.53 Å². The van der Waals surface area contributed by atoms with Crippen LogP contribution in [0.2, 0.25) is 0 Å². The molecule has 0 saturated carbocycles. The van der Waals surface area contributed by atoms with Gasteiger partial charge in [0.2, 0.25) is 5.91 Å². The minimum Gasteiger partial charge on any atom is -0.497 e. The molecule has 1 amide bonds. The number of benzene rings is 1. The van der Waals surface area contributed by atoms with Crippen LogP contribution in [-0.4, -0.2) is 28.0 Å². The molecule has 6 heteroatoms. The molecule has 0 spiro atoms. The molecular formula is C16H20N4O2. The number of amides is 1. The van der Waals surface area contributed by atoms with Crippen LogP contribution in [0.25, 0.3) is 5.69 Å². The molecule has 0 fully saturated rings. The molecule has 0 aliphatic rings. The number of anilines is 1. The molecule has 0 aliphatic carbocycles. The number of hydrogen-bond donors (Lipinski definition) is 1. The Morgan fingerprint density at radius 3 is 2.95 bits per heavy atom. The van der Waals surface area contributed by atoms with Gasteiger partial charge >= 0.3 is 0 Å². The highest BCUT2D eigenvalue weighted by molar-refractivity contribution is 5.91. The molecule has 0 radical (unpaired) electrons. The van der Waals surface area contributed by atoms with E-state index in [0.717, 1.165) is 17.0 Å². The van der Waals surface area contributed by atoms with Crippen LogP contribution in [0, 0.1) is 5.92 Å². The van der Waals surface area contributed by atoms with E-state index in [1.165, 1.54) is 0 Å². The fourth-order valence-corrected chi connectivity index (χ4v) is 2.07. The second-order valence-corrected chi connectivity index (χ2v) is 5.30. The van der Waals surface area contributed by atoms with Crippen molar-refractivity contribution in [2.24, 2.45) is 5.92 Å². The largest absolute Gasteiger partial charge is 0.497 e. The van der Waals surface area contributed by atoms with E-state index in [2.05, 4.69) is 22.2 Å². The van der Waals surface area contributed by atoms with Crippen LogP contribution in [0.5, 0.6) is 5.75 Å². The Labute approximate surface area is 129 Å². The zero-order chi connectivity index (χ0) is 16.1. The van der Waals surface area contributed by atoms with Crippen molar-refractivity contribution in [3.63, 3.8) is 0 Å². The topological polar surface area (TPSA) is 69.0 Å². The van der Waals surface area contributed by atoms with Gasteiger partial charge in [0.25, 0.3) is 0 Å². The minimum absolute atomic E-state index is 0.0966. The number of rotatable bonds is 6. The van der Waals surface area contributed by atoms with Gasteiger partial charge in [-0.1, -0.05) is 23.8 Å². The van der Waals surface area contributed by atoms with E-state index in [-0.39, 0.29) is 11.8 Å². The van der Waals surface area contributed by atoms with Crippen molar-refractivity contribution in [3.8, 4) is 11.4 Å². The van der Waals surface area contributed by atoms with E-state index >= 15 is 0 Å². The van der Waals surface area contributed by atoms with Crippen molar-refractivity contribution in [3.05, 3.63) is 42.6 Å². The monoisotopic (exact) mass is 300 g/mol. The molecule has 1 heterocycles. The van der Waals surface area contributed by atoms with Crippen LogP contribution in [0.1, 0.15) is 20.3 Å². The smallest absolute Gasteiger partial charge is 0.228 e. The highest BCUT2D eigenvalue weighted by atomic mass is 16.5. The van der Waals surface area contributed by atoms with Crippen LogP contribution in [0.3, 0.4) is 0 Å². The van der Waals surface area contributed by atoms with Gasteiger partial charge in [-0.2, -0.15) is 0 Å². The summed E-state index contributed by atoms with van der Waals surface area (Å²) in [6, 6.07) is 7.43. The third kappa shape index (κ3) is 3.94. The van der Waals surface area contributed by atoms with E-state index in [0.29, 0.717) is 12.2 Å². The molecule has 0 bridgehead atoms. The molecule has 0 saturated heterocycles. The van der Waals surface area contributed by atoms with Gasteiger partial charge < -0.3 is 10.1 Å². The fraction of sp³-hybridized carbons (Fsp3) is 0.312. The molecule has 1 atom stereocenters. The molecule has 6 nitrogen and oxygen atoms in total. The number of allylic oxidation sites excluding steroid dienone is 1. The summed E-state index contributed by atoms with van der Waals surface area (Å²) in [7, 11) is 1.61. The number of hydrogen-bond acceptors (Lipinski definition) is 4. The van der Waals surface area contributed by atoms with E-state index in [1.807, 2.05) is 38.1 Å². The molecule has 0 aliphatic heterocycles.